The van der Waals surface area contributed by atoms with Crippen LogP contribution < -0.4 is 34.3 Å². The zero-order chi connectivity index (χ0) is 7.61. The van der Waals surface area contributed by atoms with E-state index in [4.69, 9.17) is 4.55 Å². The molecule has 1 aromatic heterocycles. The van der Waals surface area contributed by atoms with E-state index in [2.05, 4.69) is 15.4 Å². The second-order valence-electron chi connectivity index (χ2n) is 1.31. The summed E-state index contributed by atoms with van der Waals surface area (Å²) in [6.07, 6.45) is 0. The van der Waals surface area contributed by atoms with Crippen molar-refractivity contribution in [2.75, 3.05) is 4.72 Å². The molecule has 8 nitrogen and oxygen atoms in total. The van der Waals surface area contributed by atoms with Crippen LogP contribution in [0.1, 0.15) is 1.43 Å². The normalized spacial score (nSPS) is 10.3. The standard InChI is InChI=1S/CH3N5O3S.Na.H/c7-10(8,9)4-1-2-5-6-3-1;;/h(H,7,8,9)(H2,2,3,4,5,6);;/q;+1;-1. The van der Waals surface area contributed by atoms with Gasteiger partial charge in [0.2, 0.25) is 0 Å². The number of nitrogens with one attached hydrogen (secondary N) is 2. The summed E-state index contributed by atoms with van der Waals surface area (Å²) in [5.74, 6) is -0.303. The maximum absolute atomic E-state index is 10.0. The van der Waals surface area contributed by atoms with Crippen molar-refractivity contribution in [3.8, 4) is 0 Å². The minimum Gasteiger partial charge on any atom is -1.00 e. The SMILES string of the molecule is O=S(=O)(O)Nc1nn[nH]n1.[H-].[Na+]. The van der Waals surface area contributed by atoms with Crippen LogP contribution in [0.3, 0.4) is 0 Å². The van der Waals surface area contributed by atoms with Gasteiger partial charge in [0.25, 0.3) is 5.95 Å². The third kappa shape index (κ3) is 4.27. The number of nitrogens with zero attached hydrogens (tertiary/aromatic N) is 3. The minimum atomic E-state index is -4.28. The second kappa shape index (κ2) is 3.97. The molecular weight excluding hydrogens is 185 g/mol. The Labute approximate surface area is 85.4 Å². The number of hydrogen-bond acceptors (Lipinski definition) is 5. The van der Waals surface area contributed by atoms with Crippen LogP contribution >= 0.6 is 0 Å². The van der Waals surface area contributed by atoms with E-state index in [1.165, 1.54) is 0 Å². The Balaban J connectivity index is 0. The van der Waals surface area contributed by atoms with E-state index in [1.807, 2.05) is 5.21 Å². The smallest absolute Gasteiger partial charge is 1.00 e. The Morgan fingerprint density at radius 1 is 1.64 bits per heavy atom. The third-order valence-corrected chi connectivity index (χ3v) is 1.01. The van der Waals surface area contributed by atoms with Crippen molar-refractivity contribution in [3.63, 3.8) is 0 Å². The van der Waals surface area contributed by atoms with Gasteiger partial charge in [-0.15, -0.1) is 5.10 Å². The van der Waals surface area contributed by atoms with Gasteiger partial charge < -0.3 is 1.43 Å². The van der Waals surface area contributed by atoms with Crippen LogP contribution in [0.25, 0.3) is 0 Å². The molecule has 1 aromatic rings. The fourth-order valence-electron chi connectivity index (χ4n) is 0.320. The van der Waals surface area contributed by atoms with Gasteiger partial charge in [-0.1, -0.05) is 5.10 Å². The molecule has 1 rings (SSSR count). The summed E-state index contributed by atoms with van der Waals surface area (Å²) in [5, 5.41) is 11.4. The topological polar surface area (TPSA) is 121 Å². The Bertz CT molecular complexity index is 297. The van der Waals surface area contributed by atoms with Crippen LogP contribution in [-0.4, -0.2) is 33.6 Å². The molecule has 0 saturated heterocycles. The summed E-state index contributed by atoms with van der Waals surface area (Å²) in [7, 11) is -4.28. The van der Waals surface area contributed by atoms with E-state index < -0.39 is 10.3 Å². The van der Waals surface area contributed by atoms with Crippen LogP contribution in [0.2, 0.25) is 0 Å². The fourth-order valence-corrected chi connectivity index (χ4v) is 0.638. The molecule has 0 fully saturated rings. The van der Waals surface area contributed by atoms with Crippen molar-refractivity contribution in [2.45, 2.75) is 0 Å². The molecule has 10 heteroatoms. The molecule has 1 heterocycles. The first-order chi connectivity index (χ1) is 4.58. The van der Waals surface area contributed by atoms with Crippen molar-refractivity contribution in [1.82, 2.24) is 20.6 Å². The second-order valence-corrected chi connectivity index (χ2v) is 2.47. The predicted molar refractivity (Wildman–Crippen MR) is 30.5 cm³/mol. The Hall–Kier alpha value is -0.220. The number of anilines is 1. The average Bonchev–Trinajstić information content (AvgIpc) is 2.12. The third-order valence-electron chi connectivity index (χ3n) is 0.566. The predicted octanol–water partition coefficient (Wildman–Crippen LogP) is -4.47. The van der Waals surface area contributed by atoms with Gasteiger partial charge >= 0.3 is 39.9 Å². The number of hydrogen-bond donors (Lipinski definition) is 3. The van der Waals surface area contributed by atoms with E-state index in [9.17, 15) is 8.42 Å². The average molecular weight is 189 g/mol. The van der Waals surface area contributed by atoms with Crippen LogP contribution in [0, 0.1) is 0 Å². The van der Waals surface area contributed by atoms with Crippen LogP contribution in [0.5, 0.6) is 0 Å². The monoisotopic (exact) mass is 189 g/mol. The Morgan fingerprint density at radius 3 is 2.64 bits per heavy atom. The Kier molecular flexibility index (Phi) is 3.89. The summed E-state index contributed by atoms with van der Waals surface area (Å²) in [6, 6.07) is 0. The van der Waals surface area contributed by atoms with E-state index in [-0.39, 0.29) is 36.9 Å². The molecule has 0 aliphatic heterocycles. The summed E-state index contributed by atoms with van der Waals surface area (Å²) in [4.78, 5) is 0. The molecule has 0 spiro atoms. The van der Waals surface area contributed by atoms with Crippen LogP contribution in [0.15, 0.2) is 0 Å². The van der Waals surface area contributed by atoms with Gasteiger partial charge in [0, 0.05) is 0 Å². The van der Waals surface area contributed by atoms with E-state index in [0.29, 0.717) is 0 Å². The molecule has 11 heavy (non-hydrogen) atoms. The quantitative estimate of drug-likeness (QED) is 0.318. The van der Waals surface area contributed by atoms with Gasteiger partial charge in [0.1, 0.15) is 0 Å². The maximum atomic E-state index is 10.0. The summed E-state index contributed by atoms with van der Waals surface area (Å²) < 4.78 is 29.7. The molecule has 0 unspecified atom stereocenters. The first kappa shape index (κ1) is 10.8. The van der Waals surface area contributed by atoms with Crippen molar-refractivity contribution < 1.29 is 44.0 Å². The number of rotatable bonds is 2. The molecule has 0 radical (unpaired) electrons. The molecule has 3 N–H and O–H groups in total. The maximum Gasteiger partial charge on any atom is 1.00 e. The molecule has 0 aromatic carbocycles. The zero-order valence-electron chi connectivity index (χ0n) is 6.51. The van der Waals surface area contributed by atoms with E-state index in [0.717, 1.165) is 0 Å². The fraction of sp³-hybridized carbons (Fsp3) is 0. The van der Waals surface area contributed by atoms with Crippen molar-refractivity contribution in [3.05, 3.63) is 0 Å². The minimum absolute atomic E-state index is 0. The van der Waals surface area contributed by atoms with Crippen molar-refractivity contribution >= 4 is 16.3 Å². The molecule has 58 valence electrons. The summed E-state index contributed by atoms with van der Waals surface area (Å²) >= 11 is 0. The molecule has 0 amide bonds. The van der Waals surface area contributed by atoms with Gasteiger partial charge in [-0.3, -0.25) is 4.55 Å². The summed E-state index contributed by atoms with van der Waals surface area (Å²) in [6.45, 7) is 0. The van der Waals surface area contributed by atoms with Crippen molar-refractivity contribution in [2.24, 2.45) is 0 Å². The van der Waals surface area contributed by atoms with Gasteiger partial charge in [0.05, 0.1) is 0 Å². The summed E-state index contributed by atoms with van der Waals surface area (Å²) in [5.41, 5.74) is 0. The molecule has 0 aliphatic carbocycles. The number of H-pyrrole nitrogens is 1. The van der Waals surface area contributed by atoms with Crippen molar-refractivity contribution in [1.29, 1.82) is 0 Å². The first-order valence-corrected chi connectivity index (χ1v) is 3.50. The molecular formula is CH4N5NaO3S. The number of aromatic amines is 1. The van der Waals surface area contributed by atoms with Gasteiger partial charge in [-0.2, -0.15) is 13.6 Å². The molecule has 0 atom stereocenters. The van der Waals surface area contributed by atoms with Crippen LogP contribution in [-0.2, 0) is 10.3 Å². The Morgan fingerprint density at radius 2 is 2.27 bits per heavy atom. The van der Waals surface area contributed by atoms with Crippen LogP contribution in [0.4, 0.5) is 5.95 Å². The van der Waals surface area contributed by atoms with Gasteiger partial charge in [-0.25, -0.2) is 4.72 Å². The molecule has 0 aliphatic rings. The van der Waals surface area contributed by atoms with E-state index >= 15 is 0 Å². The van der Waals surface area contributed by atoms with E-state index in [1.54, 1.807) is 4.72 Å². The largest absolute Gasteiger partial charge is 1.00 e. The zero-order valence-corrected chi connectivity index (χ0v) is 8.33. The van der Waals surface area contributed by atoms with Gasteiger partial charge in [-0.05, 0) is 5.21 Å². The number of aromatic nitrogens is 4. The number of tetrazole rings is 1. The molecule has 0 bridgehead atoms. The first-order valence-electron chi connectivity index (χ1n) is 2.06. The van der Waals surface area contributed by atoms with Gasteiger partial charge in [0.15, 0.2) is 0 Å². The molecule has 0 saturated carbocycles.